The molecule has 1 fully saturated rings. The lowest BCUT2D eigenvalue weighted by molar-refractivity contribution is -0.137. The van der Waals surface area contributed by atoms with E-state index < -0.39 is 21.6 Å². The Morgan fingerprint density at radius 1 is 1.40 bits per heavy atom. The standard InChI is InChI=1S/C12H15F3N2O2S/c1-20(18,19)8-11(3-4-11)7-17-10-6-9(2-5-16-10)12(13,14)15/h2,5-6H,3-4,7-8H2,1H3,(H,16,17). The van der Waals surface area contributed by atoms with Crippen LogP contribution in [0.25, 0.3) is 0 Å². The van der Waals surface area contributed by atoms with Gasteiger partial charge in [0, 0.05) is 24.4 Å². The van der Waals surface area contributed by atoms with Crippen molar-refractivity contribution in [2.75, 3.05) is 23.9 Å². The van der Waals surface area contributed by atoms with Gasteiger partial charge >= 0.3 is 6.18 Å². The summed E-state index contributed by atoms with van der Waals surface area (Å²) >= 11 is 0. The molecule has 0 aromatic carbocycles. The second-order valence-electron chi connectivity index (χ2n) is 5.35. The van der Waals surface area contributed by atoms with E-state index in [1.807, 2.05) is 0 Å². The van der Waals surface area contributed by atoms with Gasteiger partial charge in [0.2, 0.25) is 0 Å². The Bertz CT molecular complexity index is 595. The smallest absolute Gasteiger partial charge is 0.369 e. The summed E-state index contributed by atoms with van der Waals surface area (Å²) in [6.45, 7) is 0.314. The minimum absolute atomic E-state index is 0.0476. The highest BCUT2D eigenvalue weighted by Crippen LogP contribution is 2.46. The minimum atomic E-state index is -4.41. The first-order chi connectivity index (χ1) is 9.10. The van der Waals surface area contributed by atoms with Crippen molar-refractivity contribution in [1.29, 1.82) is 0 Å². The van der Waals surface area contributed by atoms with E-state index in [0.717, 1.165) is 37.4 Å². The van der Waals surface area contributed by atoms with Gasteiger partial charge in [0.15, 0.2) is 0 Å². The number of hydrogen-bond donors (Lipinski definition) is 1. The average Bonchev–Trinajstić information content (AvgIpc) is 3.04. The maximum Gasteiger partial charge on any atom is 0.416 e. The summed E-state index contributed by atoms with van der Waals surface area (Å²) in [6.07, 6.45) is -0.654. The first-order valence-corrected chi connectivity index (χ1v) is 8.11. The van der Waals surface area contributed by atoms with Crippen LogP contribution in [0.5, 0.6) is 0 Å². The number of pyridine rings is 1. The largest absolute Gasteiger partial charge is 0.416 e. The van der Waals surface area contributed by atoms with Gasteiger partial charge in [0.1, 0.15) is 15.7 Å². The van der Waals surface area contributed by atoms with Gasteiger partial charge in [0.05, 0.1) is 11.3 Å². The Kier molecular flexibility index (Phi) is 3.70. The number of alkyl halides is 3. The molecule has 0 aliphatic heterocycles. The number of halogens is 3. The van der Waals surface area contributed by atoms with Gasteiger partial charge in [-0.15, -0.1) is 0 Å². The monoisotopic (exact) mass is 308 g/mol. The molecule has 1 aromatic heterocycles. The number of rotatable bonds is 5. The Balaban J connectivity index is 2.02. The van der Waals surface area contributed by atoms with Gasteiger partial charge < -0.3 is 5.32 Å². The molecule has 0 bridgehead atoms. The summed E-state index contributed by atoms with van der Waals surface area (Å²) in [5.74, 6) is 0.158. The third kappa shape index (κ3) is 4.09. The van der Waals surface area contributed by atoms with Crippen LogP contribution in [0.15, 0.2) is 18.3 Å². The Morgan fingerprint density at radius 3 is 2.55 bits per heavy atom. The molecule has 0 spiro atoms. The summed E-state index contributed by atoms with van der Waals surface area (Å²) in [5.41, 5.74) is -1.13. The molecule has 2 rings (SSSR count). The molecule has 0 atom stereocenters. The van der Waals surface area contributed by atoms with E-state index in [2.05, 4.69) is 10.3 Å². The van der Waals surface area contributed by atoms with E-state index >= 15 is 0 Å². The summed E-state index contributed by atoms with van der Waals surface area (Å²) in [4.78, 5) is 3.82. The molecule has 0 radical (unpaired) electrons. The fourth-order valence-electron chi connectivity index (χ4n) is 2.09. The molecule has 1 heterocycles. The van der Waals surface area contributed by atoms with Gasteiger partial charge in [-0.25, -0.2) is 13.4 Å². The lowest BCUT2D eigenvalue weighted by Crippen LogP contribution is -2.24. The summed E-state index contributed by atoms with van der Waals surface area (Å²) in [5, 5.41) is 2.81. The van der Waals surface area contributed by atoms with Crippen molar-refractivity contribution in [1.82, 2.24) is 4.98 Å². The second kappa shape index (κ2) is 4.91. The minimum Gasteiger partial charge on any atom is -0.369 e. The molecule has 0 saturated heterocycles. The second-order valence-corrected chi connectivity index (χ2v) is 7.49. The number of sulfone groups is 1. The van der Waals surface area contributed by atoms with Crippen LogP contribution in [0.1, 0.15) is 18.4 Å². The zero-order chi connectivity index (χ0) is 15.0. The molecule has 1 aliphatic rings. The van der Waals surface area contributed by atoms with Gasteiger partial charge in [-0.3, -0.25) is 0 Å². The van der Waals surface area contributed by atoms with Crippen molar-refractivity contribution in [2.45, 2.75) is 19.0 Å². The van der Waals surface area contributed by atoms with Crippen molar-refractivity contribution >= 4 is 15.7 Å². The fraction of sp³-hybridized carbons (Fsp3) is 0.583. The third-order valence-electron chi connectivity index (χ3n) is 3.26. The molecular formula is C12H15F3N2O2S. The number of anilines is 1. The van der Waals surface area contributed by atoms with Crippen molar-refractivity contribution < 1.29 is 21.6 Å². The maximum absolute atomic E-state index is 12.5. The lowest BCUT2D eigenvalue weighted by Gasteiger charge is -2.16. The quantitative estimate of drug-likeness (QED) is 0.907. The molecule has 1 aromatic rings. The number of hydrogen-bond acceptors (Lipinski definition) is 4. The number of nitrogens with zero attached hydrogens (tertiary/aromatic N) is 1. The van der Waals surface area contributed by atoms with Gasteiger partial charge in [-0.05, 0) is 25.0 Å². The van der Waals surface area contributed by atoms with Crippen LogP contribution in [0.3, 0.4) is 0 Å². The third-order valence-corrected chi connectivity index (χ3v) is 4.39. The van der Waals surface area contributed by atoms with E-state index in [4.69, 9.17) is 0 Å². The van der Waals surface area contributed by atoms with E-state index in [9.17, 15) is 21.6 Å². The van der Waals surface area contributed by atoms with Crippen LogP contribution in [-0.4, -0.2) is 32.0 Å². The molecule has 0 unspecified atom stereocenters. The van der Waals surface area contributed by atoms with Crippen LogP contribution in [-0.2, 0) is 16.0 Å². The first-order valence-electron chi connectivity index (χ1n) is 6.05. The molecule has 1 saturated carbocycles. The molecule has 1 aliphatic carbocycles. The predicted octanol–water partition coefficient (Wildman–Crippen LogP) is 2.34. The van der Waals surface area contributed by atoms with E-state index in [1.165, 1.54) is 0 Å². The SMILES string of the molecule is CS(=O)(=O)CC1(CNc2cc(C(F)(F)F)ccn2)CC1. The molecule has 20 heavy (non-hydrogen) atoms. The topological polar surface area (TPSA) is 59.1 Å². The van der Waals surface area contributed by atoms with Crippen molar-refractivity contribution in [3.63, 3.8) is 0 Å². The maximum atomic E-state index is 12.5. The van der Waals surface area contributed by atoms with Gasteiger partial charge in [-0.1, -0.05) is 0 Å². The summed E-state index contributed by atoms with van der Waals surface area (Å²) < 4.78 is 60.2. The van der Waals surface area contributed by atoms with Crippen LogP contribution in [0.2, 0.25) is 0 Å². The normalized spacial score (nSPS) is 17.8. The van der Waals surface area contributed by atoms with Gasteiger partial charge in [0.25, 0.3) is 0 Å². The molecule has 1 N–H and O–H groups in total. The Labute approximate surface area is 115 Å². The summed E-state index contributed by atoms with van der Waals surface area (Å²) in [6, 6.07) is 1.82. The van der Waals surface area contributed by atoms with Crippen molar-refractivity contribution in [3.8, 4) is 0 Å². The van der Waals surface area contributed by atoms with E-state index in [0.29, 0.717) is 6.54 Å². The molecular weight excluding hydrogens is 293 g/mol. The number of aromatic nitrogens is 1. The molecule has 112 valence electrons. The molecule has 4 nitrogen and oxygen atoms in total. The molecule has 0 amide bonds. The highest BCUT2D eigenvalue weighted by molar-refractivity contribution is 7.90. The average molecular weight is 308 g/mol. The van der Waals surface area contributed by atoms with Gasteiger partial charge in [-0.2, -0.15) is 13.2 Å². The molecule has 8 heteroatoms. The van der Waals surface area contributed by atoms with E-state index in [1.54, 1.807) is 0 Å². The number of nitrogens with one attached hydrogen (secondary N) is 1. The van der Waals surface area contributed by atoms with Crippen molar-refractivity contribution in [2.24, 2.45) is 5.41 Å². The van der Waals surface area contributed by atoms with Crippen LogP contribution in [0, 0.1) is 5.41 Å². The van der Waals surface area contributed by atoms with Crippen LogP contribution in [0.4, 0.5) is 19.0 Å². The zero-order valence-corrected chi connectivity index (χ0v) is 11.7. The van der Waals surface area contributed by atoms with Crippen LogP contribution >= 0.6 is 0 Å². The van der Waals surface area contributed by atoms with Crippen LogP contribution < -0.4 is 5.32 Å². The predicted molar refractivity (Wildman–Crippen MR) is 69.1 cm³/mol. The first kappa shape index (κ1) is 15.1. The Morgan fingerprint density at radius 2 is 2.05 bits per heavy atom. The Hall–Kier alpha value is -1.31. The zero-order valence-electron chi connectivity index (χ0n) is 10.9. The fourth-order valence-corrected chi connectivity index (χ4v) is 3.59. The highest BCUT2D eigenvalue weighted by Gasteiger charge is 2.45. The highest BCUT2D eigenvalue weighted by atomic mass is 32.2. The van der Waals surface area contributed by atoms with Crippen molar-refractivity contribution in [3.05, 3.63) is 23.9 Å². The summed E-state index contributed by atoms with van der Waals surface area (Å²) in [7, 11) is -3.10. The van der Waals surface area contributed by atoms with E-state index in [-0.39, 0.29) is 17.0 Å². The lowest BCUT2D eigenvalue weighted by atomic mass is 10.1.